The van der Waals surface area contributed by atoms with E-state index in [1.807, 2.05) is 37.3 Å². The van der Waals surface area contributed by atoms with E-state index in [0.717, 1.165) is 31.5 Å². The highest BCUT2D eigenvalue weighted by atomic mass is 16.3. The molecule has 0 aliphatic carbocycles. The SMILES string of the molecule is CC1(O)CCN(CC(C(=O)NN)c2ccccc2)CC1. The van der Waals surface area contributed by atoms with Gasteiger partial charge in [0.25, 0.3) is 0 Å². The van der Waals surface area contributed by atoms with Gasteiger partial charge in [-0.1, -0.05) is 30.3 Å². The van der Waals surface area contributed by atoms with Crippen LogP contribution >= 0.6 is 0 Å². The molecule has 1 fully saturated rings. The lowest BCUT2D eigenvalue weighted by atomic mass is 9.91. The summed E-state index contributed by atoms with van der Waals surface area (Å²) < 4.78 is 0. The molecule has 1 aromatic rings. The van der Waals surface area contributed by atoms with E-state index in [1.54, 1.807) is 0 Å². The summed E-state index contributed by atoms with van der Waals surface area (Å²) in [6.07, 6.45) is 1.47. The van der Waals surface area contributed by atoms with E-state index in [1.165, 1.54) is 0 Å². The molecule has 20 heavy (non-hydrogen) atoms. The maximum Gasteiger partial charge on any atom is 0.242 e. The lowest BCUT2D eigenvalue weighted by Crippen LogP contribution is -2.46. The molecule has 1 unspecified atom stereocenters. The standard InChI is InChI=1S/C15H23N3O2/c1-15(20)7-9-18(10-8-15)11-13(14(19)17-16)12-5-3-2-4-6-12/h2-6,13,20H,7-11,16H2,1H3,(H,17,19). The Balaban J connectivity index is 2.04. The average Bonchev–Trinajstić information content (AvgIpc) is 2.46. The van der Waals surface area contributed by atoms with E-state index in [4.69, 9.17) is 5.84 Å². The van der Waals surface area contributed by atoms with Crippen molar-refractivity contribution in [1.29, 1.82) is 0 Å². The van der Waals surface area contributed by atoms with Gasteiger partial charge in [0, 0.05) is 19.6 Å². The third-order valence-corrected chi connectivity index (χ3v) is 4.03. The molecule has 1 atom stereocenters. The summed E-state index contributed by atoms with van der Waals surface area (Å²) in [5.74, 6) is 4.85. The molecule has 5 nitrogen and oxygen atoms in total. The molecule has 1 saturated heterocycles. The number of hydrogen-bond donors (Lipinski definition) is 3. The molecule has 1 aromatic carbocycles. The van der Waals surface area contributed by atoms with Crippen LogP contribution in [0, 0.1) is 0 Å². The Morgan fingerprint density at radius 3 is 2.55 bits per heavy atom. The molecular weight excluding hydrogens is 254 g/mol. The Bertz CT molecular complexity index is 438. The smallest absolute Gasteiger partial charge is 0.242 e. The molecular formula is C15H23N3O2. The van der Waals surface area contributed by atoms with Crippen LogP contribution in [0.3, 0.4) is 0 Å². The number of amides is 1. The van der Waals surface area contributed by atoms with Crippen molar-refractivity contribution in [3.63, 3.8) is 0 Å². The quantitative estimate of drug-likeness (QED) is 0.428. The minimum Gasteiger partial charge on any atom is -0.390 e. The highest BCUT2D eigenvalue weighted by Gasteiger charge is 2.30. The van der Waals surface area contributed by atoms with Crippen molar-refractivity contribution in [2.24, 2.45) is 5.84 Å². The van der Waals surface area contributed by atoms with E-state index in [0.29, 0.717) is 6.54 Å². The fraction of sp³-hybridized carbons (Fsp3) is 0.533. The molecule has 0 spiro atoms. The van der Waals surface area contributed by atoms with Crippen LogP contribution in [-0.2, 0) is 4.79 Å². The van der Waals surface area contributed by atoms with Crippen molar-refractivity contribution in [3.05, 3.63) is 35.9 Å². The Hall–Kier alpha value is -1.43. The van der Waals surface area contributed by atoms with Gasteiger partial charge in [-0.3, -0.25) is 10.2 Å². The van der Waals surface area contributed by atoms with Crippen LogP contribution in [0.5, 0.6) is 0 Å². The second-order valence-corrected chi connectivity index (χ2v) is 5.77. The number of hydrazine groups is 1. The number of likely N-dealkylation sites (tertiary alicyclic amines) is 1. The Morgan fingerprint density at radius 1 is 1.40 bits per heavy atom. The number of benzene rings is 1. The number of hydrogen-bond acceptors (Lipinski definition) is 4. The number of rotatable bonds is 4. The van der Waals surface area contributed by atoms with Crippen molar-refractivity contribution < 1.29 is 9.90 Å². The van der Waals surface area contributed by atoms with Gasteiger partial charge in [-0.2, -0.15) is 0 Å². The Labute approximate surface area is 119 Å². The van der Waals surface area contributed by atoms with Crippen molar-refractivity contribution >= 4 is 5.91 Å². The van der Waals surface area contributed by atoms with Crippen LogP contribution in [0.25, 0.3) is 0 Å². The first-order chi connectivity index (χ1) is 9.52. The minimum atomic E-state index is -0.575. The van der Waals surface area contributed by atoms with Gasteiger partial charge in [-0.15, -0.1) is 0 Å². The largest absolute Gasteiger partial charge is 0.390 e. The number of piperidine rings is 1. The predicted molar refractivity (Wildman–Crippen MR) is 77.8 cm³/mol. The van der Waals surface area contributed by atoms with Crippen LogP contribution in [0.15, 0.2) is 30.3 Å². The predicted octanol–water partition coefficient (Wildman–Crippen LogP) is 0.607. The molecule has 0 radical (unpaired) electrons. The number of nitrogens with zero attached hydrogens (tertiary/aromatic N) is 1. The van der Waals surface area contributed by atoms with Gasteiger partial charge in [0.15, 0.2) is 0 Å². The van der Waals surface area contributed by atoms with E-state index < -0.39 is 5.60 Å². The van der Waals surface area contributed by atoms with Crippen LogP contribution in [-0.4, -0.2) is 41.1 Å². The van der Waals surface area contributed by atoms with Crippen molar-refractivity contribution in [2.75, 3.05) is 19.6 Å². The summed E-state index contributed by atoms with van der Waals surface area (Å²) in [5.41, 5.74) is 2.65. The molecule has 2 rings (SSSR count). The number of aliphatic hydroxyl groups is 1. The van der Waals surface area contributed by atoms with E-state index in [9.17, 15) is 9.90 Å². The molecule has 1 heterocycles. The monoisotopic (exact) mass is 277 g/mol. The zero-order chi connectivity index (χ0) is 14.6. The zero-order valence-electron chi connectivity index (χ0n) is 11.9. The van der Waals surface area contributed by atoms with E-state index in [2.05, 4.69) is 10.3 Å². The highest BCUT2D eigenvalue weighted by Crippen LogP contribution is 2.24. The lowest BCUT2D eigenvalue weighted by molar-refractivity contribution is -0.123. The maximum atomic E-state index is 12.0. The van der Waals surface area contributed by atoms with Gasteiger partial charge < -0.3 is 10.0 Å². The fourth-order valence-corrected chi connectivity index (χ4v) is 2.60. The number of nitrogens with one attached hydrogen (secondary N) is 1. The van der Waals surface area contributed by atoms with Crippen LogP contribution in [0.2, 0.25) is 0 Å². The third kappa shape index (κ3) is 3.79. The molecule has 1 aliphatic heterocycles. The average molecular weight is 277 g/mol. The Morgan fingerprint density at radius 2 is 2.00 bits per heavy atom. The normalized spacial score (nSPS) is 20.4. The number of carbonyl (C=O) groups is 1. The topological polar surface area (TPSA) is 78.6 Å². The number of nitrogens with two attached hydrogens (primary N) is 1. The first kappa shape index (κ1) is 15.0. The van der Waals surface area contributed by atoms with E-state index in [-0.39, 0.29) is 11.8 Å². The molecule has 1 amide bonds. The fourth-order valence-electron chi connectivity index (χ4n) is 2.60. The summed E-state index contributed by atoms with van der Waals surface area (Å²) in [6.45, 7) is 4.09. The van der Waals surface area contributed by atoms with Crippen molar-refractivity contribution in [3.8, 4) is 0 Å². The van der Waals surface area contributed by atoms with Gasteiger partial charge in [0.2, 0.25) is 5.91 Å². The van der Waals surface area contributed by atoms with Gasteiger partial charge in [0.05, 0.1) is 11.5 Å². The summed E-state index contributed by atoms with van der Waals surface area (Å²) in [4.78, 5) is 14.2. The van der Waals surface area contributed by atoms with Crippen LogP contribution in [0.4, 0.5) is 0 Å². The summed E-state index contributed by atoms with van der Waals surface area (Å²) in [6, 6.07) is 9.67. The molecule has 110 valence electrons. The van der Waals surface area contributed by atoms with Gasteiger partial charge in [-0.05, 0) is 25.3 Å². The molecule has 0 saturated carbocycles. The zero-order valence-corrected chi connectivity index (χ0v) is 11.9. The minimum absolute atomic E-state index is 0.173. The van der Waals surface area contributed by atoms with E-state index >= 15 is 0 Å². The molecule has 0 bridgehead atoms. The second-order valence-electron chi connectivity index (χ2n) is 5.77. The van der Waals surface area contributed by atoms with Crippen molar-refractivity contribution in [2.45, 2.75) is 31.3 Å². The van der Waals surface area contributed by atoms with Gasteiger partial charge in [-0.25, -0.2) is 5.84 Å². The Kier molecular flexibility index (Phi) is 4.75. The van der Waals surface area contributed by atoms with Crippen LogP contribution < -0.4 is 11.3 Å². The van der Waals surface area contributed by atoms with Gasteiger partial charge in [0.1, 0.15) is 0 Å². The molecule has 4 N–H and O–H groups in total. The highest BCUT2D eigenvalue weighted by molar-refractivity contribution is 5.83. The third-order valence-electron chi connectivity index (χ3n) is 4.03. The first-order valence-corrected chi connectivity index (χ1v) is 7.02. The number of carbonyl (C=O) groups excluding carboxylic acids is 1. The summed E-state index contributed by atoms with van der Waals surface area (Å²) in [7, 11) is 0. The molecule has 1 aliphatic rings. The lowest BCUT2D eigenvalue weighted by Gasteiger charge is -2.37. The van der Waals surface area contributed by atoms with Crippen molar-refractivity contribution in [1.82, 2.24) is 10.3 Å². The summed E-state index contributed by atoms with van der Waals surface area (Å²) >= 11 is 0. The van der Waals surface area contributed by atoms with Crippen LogP contribution in [0.1, 0.15) is 31.2 Å². The summed E-state index contributed by atoms with van der Waals surface area (Å²) in [5, 5.41) is 9.97. The first-order valence-electron chi connectivity index (χ1n) is 7.02. The maximum absolute atomic E-state index is 12.0. The molecule has 0 aromatic heterocycles. The second kappa shape index (κ2) is 6.35. The molecule has 5 heteroatoms. The van der Waals surface area contributed by atoms with Gasteiger partial charge >= 0.3 is 0 Å².